The lowest BCUT2D eigenvalue weighted by Gasteiger charge is -2.15. The van der Waals surface area contributed by atoms with Gasteiger partial charge in [0.15, 0.2) is 11.5 Å². The van der Waals surface area contributed by atoms with Crippen LogP contribution in [0.2, 0.25) is 0 Å². The average Bonchev–Trinajstić information content (AvgIpc) is 3.10. The minimum Gasteiger partial charge on any atom is -0.502 e. The molecule has 4 rings (SSSR count). The van der Waals surface area contributed by atoms with Crippen LogP contribution in [0, 0.1) is 0 Å². The summed E-state index contributed by atoms with van der Waals surface area (Å²) in [5.41, 5.74) is 5.42. The fourth-order valence-corrected chi connectivity index (χ4v) is 3.87. The largest absolute Gasteiger partial charge is 0.502 e. The van der Waals surface area contributed by atoms with Crippen LogP contribution >= 0.6 is 0 Å². The van der Waals surface area contributed by atoms with E-state index in [2.05, 4.69) is 29.6 Å². The Morgan fingerprint density at radius 2 is 1.47 bits per heavy atom. The number of methoxy groups -OCH3 is 2. The first kappa shape index (κ1) is 19.6. The number of rotatable bonds is 6. The number of ether oxygens (including phenoxy) is 3. The number of nitrogens with one attached hydrogen (secondary N) is 1. The van der Waals surface area contributed by atoms with Crippen LogP contribution in [-0.2, 0) is 11.3 Å². The summed E-state index contributed by atoms with van der Waals surface area (Å²) >= 11 is 0. The van der Waals surface area contributed by atoms with Crippen LogP contribution in [0.5, 0.6) is 17.2 Å². The quantitative estimate of drug-likeness (QED) is 0.634. The Morgan fingerprint density at radius 3 is 2.00 bits per heavy atom. The average molecular weight is 405 g/mol. The second kappa shape index (κ2) is 8.37. The first-order chi connectivity index (χ1) is 14.6. The van der Waals surface area contributed by atoms with Crippen LogP contribution in [0.25, 0.3) is 11.1 Å². The van der Waals surface area contributed by atoms with Crippen LogP contribution in [0.15, 0.2) is 60.7 Å². The molecule has 30 heavy (non-hydrogen) atoms. The Kier molecular flexibility index (Phi) is 5.48. The van der Waals surface area contributed by atoms with Crippen molar-refractivity contribution >= 4 is 6.09 Å². The van der Waals surface area contributed by atoms with Gasteiger partial charge in [0.25, 0.3) is 0 Å². The molecule has 3 aromatic carbocycles. The van der Waals surface area contributed by atoms with Gasteiger partial charge >= 0.3 is 6.09 Å². The lowest BCUT2D eigenvalue weighted by Crippen LogP contribution is -2.25. The standard InChI is InChI=1S/C24H23NO5/c1-28-21-11-15(12-22(29-2)23(21)26)13-25-24(27)30-14-20-18-9-5-3-7-16(18)17-8-4-6-10-19(17)20/h3-12,20,26H,13-14H2,1-2H3,(H,25,27). The second-order valence-corrected chi connectivity index (χ2v) is 7.03. The summed E-state index contributed by atoms with van der Waals surface area (Å²) in [6.07, 6.45) is -0.511. The smallest absolute Gasteiger partial charge is 0.407 e. The molecular weight excluding hydrogens is 382 g/mol. The number of carbonyl (C=O) groups is 1. The van der Waals surface area contributed by atoms with Gasteiger partial charge in [0.05, 0.1) is 14.2 Å². The molecule has 0 fully saturated rings. The SMILES string of the molecule is COc1cc(CNC(=O)OCC2c3ccccc3-c3ccccc32)cc(OC)c1O. The Morgan fingerprint density at radius 1 is 0.933 bits per heavy atom. The summed E-state index contributed by atoms with van der Waals surface area (Å²) < 4.78 is 15.8. The van der Waals surface area contributed by atoms with E-state index in [1.54, 1.807) is 12.1 Å². The Bertz CT molecular complexity index is 1010. The normalized spacial score (nSPS) is 12.1. The van der Waals surface area contributed by atoms with Crippen molar-refractivity contribution in [3.63, 3.8) is 0 Å². The number of carbonyl (C=O) groups excluding carboxylic acids is 1. The van der Waals surface area contributed by atoms with Gasteiger partial charge in [-0.25, -0.2) is 4.79 Å². The molecule has 154 valence electrons. The Labute approximate surface area is 175 Å². The molecule has 0 aliphatic heterocycles. The highest BCUT2D eigenvalue weighted by molar-refractivity contribution is 5.79. The molecule has 1 amide bonds. The Hall–Kier alpha value is -3.67. The molecule has 0 saturated heterocycles. The van der Waals surface area contributed by atoms with Crippen LogP contribution in [-0.4, -0.2) is 32.0 Å². The van der Waals surface area contributed by atoms with Crippen LogP contribution in [0.4, 0.5) is 4.79 Å². The van der Waals surface area contributed by atoms with E-state index in [1.807, 2.05) is 24.3 Å². The van der Waals surface area contributed by atoms with Crippen molar-refractivity contribution in [2.45, 2.75) is 12.5 Å². The second-order valence-electron chi connectivity index (χ2n) is 7.03. The van der Waals surface area contributed by atoms with Gasteiger partial charge in [-0.2, -0.15) is 0 Å². The third kappa shape index (κ3) is 3.64. The number of amides is 1. The highest BCUT2D eigenvalue weighted by Gasteiger charge is 2.28. The number of alkyl carbamates (subject to hydrolysis) is 1. The number of hydrogen-bond acceptors (Lipinski definition) is 5. The van der Waals surface area contributed by atoms with E-state index in [9.17, 15) is 9.90 Å². The molecule has 6 nitrogen and oxygen atoms in total. The fraction of sp³-hybridized carbons (Fsp3) is 0.208. The summed E-state index contributed by atoms with van der Waals surface area (Å²) in [5.74, 6) is 0.485. The first-order valence-corrected chi connectivity index (χ1v) is 9.65. The number of fused-ring (bicyclic) bond motifs is 3. The van der Waals surface area contributed by atoms with Crippen LogP contribution < -0.4 is 14.8 Å². The van der Waals surface area contributed by atoms with Gasteiger partial charge in [-0.15, -0.1) is 0 Å². The lowest BCUT2D eigenvalue weighted by atomic mass is 9.98. The maximum atomic E-state index is 12.3. The van der Waals surface area contributed by atoms with Gasteiger partial charge in [0.2, 0.25) is 5.75 Å². The molecule has 3 aromatic rings. The topological polar surface area (TPSA) is 77.0 Å². The molecule has 0 radical (unpaired) electrons. The van der Waals surface area contributed by atoms with Gasteiger partial charge in [0, 0.05) is 12.5 Å². The van der Waals surface area contributed by atoms with Gasteiger partial charge in [-0.1, -0.05) is 48.5 Å². The number of phenols is 1. The zero-order valence-corrected chi connectivity index (χ0v) is 16.8. The fourth-order valence-electron chi connectivity index (χ4n) is 3.87. The van der Waals surface area contributed by atoms with E-state index < -0.39 is 6.09 Å². The highest BCUT2D eigenvalue weighted by Crippen LogP contribution is 2.44. The highest BCUT2D eigenvalue weighted by atomic mass is 16.5. The van der Waals surface area contributed by atoms with Crippen LogP contribution in [0.3, 0.4) is 0 Å². The van der Waals surface area contributed by atoms with E-state index in [4.69, 9.17) is 14.2 Å². The summed E-state index contributed by atoms with van der Waals surface area (Å²) in [4.78, 5) is 12.3. The molecule has 0 unspecified atom stereocenters. The maximum absolute atomic E-state index is 12.3. The number of aromatic hydroxyl groups is 1. The predicted octanol–water partition coefficient (Wildman–Crippen LogP) is 4.45. The van der Waals surface area contributed by atoms with Crippen molar-refractivity contribution < 1.29 is 24.1 Å². The van der Waals surface area contributed by atoms with Gasteiger partial charge < -0.3 is 24.6 Å². The minimum absolute atomic E-state index is 0.0111. The number of hydrogen-bond donors (Lipinski definition) is 2. The molecule has 0 spiro atoms. The zero-order valence-electron chi connectivity index (χ0n) is 16.8. The maximum Gasteiger partial charge on any atom is 0.407 e. The third-order valence-electron chi connectivity index (χ3n) is 5.32. The summed E-state index contributed by atoms with van der Waals surface area (Å²) in [6, 6.07) is 19.7. The molecule has 0 heterocycles. The van der Waals surface area contributed by atoms with E-state index in [-0.39, 0.29) is 36.3 Å². The molecular formula is C24H23NO5. The van der Waals surface area contributed by atoms with Crippen LogP contribution in [0.1, 0.15) is 22.6 Å². The number of benzene rings is 3. The van der Waals surface area contributed by atoms with Crippen molar-refractivity contribution in [2.24, 2.45) is 0 Å². The van der Waals surface area contributed by atoms with Crippen molar-refractivity contribution in [2.75, 3.05) is 20.8 Å². The monoisotopic (exact) mass is 405 g/mol. The molecule has 2 N–H and O–H groups in total. The van der Waals surface area contributed by atoms with Gasteiger partial charge in [0.1, 0.15) is 6.61 Å². The van der Waals surface area contributed by atoms with Crippen molar-refractivity contribution in [1.29, 1.82) is 0 Å². The van der Waals surface area contributed by atoms with E-state index >= 15 is 0 Å². The molecule has 6 heteroatoms. The molecule has 1 aliphatic carbocycles. The summed E-state index contributed by atoms with van der Waals surface area (Å²) in [7, 11) is 2.91. The van der Waals surface area contributed by atoms with Gasteiger partial charge in [-0.3, -0.25) is 0 Å². The molecule has 1 aliphatic rings. The first-order valence-electron chi connectivity index (χ1n) is 9.65. The minimum atomic E-state index is -0.511. The number of phenolic OH excluding ortho intramolecular Hbond substituents is 1. The van der Waals surface area contributed by atoms with Crippen molar-refractivity contribution in [1.82, 2.24) is 5.32 Å². The zero-order chi connectivity index (χ0) is 21.1. The molecule has 0 aromatic heterocycles. The van der Waals surface area contributed by atoms with E-state index in [0.717, 1.165) is 5.56 Å². The Balaban J connectivity index is 1.42. The van der Waals surface area contributed by atoms with E-state index in [0.29, 0.717) is 0 Å². The van der Waals surface area contributed by atoms with E-state index in [1.165, 1.54) is 36.5 Å². The van der Waals surface area contributed by atoms with Gasteiger partial charge in [-0.05, 0) is 39.9 Å². The summed E-state index contributed by atoms with van der Waals surface area (Å²) in [5, 5.41) is 12.7. The van der Waals surface area contributed by atoms with Crippen molar-refractivity contribution in [3.8, 4) is 28.4 Å². The summed E-state index contributed by atoms with van der Waals surface area (Å²) in [6.45, 7) is 0.464. The third-order valence-corrected chi connectivity index (χ3v) is 5.32. The van der Waals surface area contributed by atoms with Crippen molar-refractivity contribution in [3.05, 3.63) is 77.4 Å². The molecule has 0 atom stereocenters. The lowest BCUT2D eigenvalue weighted by molar-refractivity contribution is 0.142. The molecule has 0 saturated carbocycles. The predicted molar refractivity (Wildman–Crippen MR) is 113 cm³/mol. The molecule has 0 bridgehead atoms.